The second-order valence-corrected chi connectivity index (χ2v) is 6.90. The molecule has 1 atom stereocenters. The lowest BCUT2D eigenvalue weighted by atomic mass is 9.93. The van der Waals surface area contributed by atoms with Crippen molar-refractivity contribution in [1.82, 2.24) is 10.2 Å². The summed E-state index contributed by atoms with van der Waals surface area (Å²) in [4.78, 5) is 39.6. The van der Waals surface area contributed by atoms with E-state index in [9.17, 15) is 14.4 Å². The van der Waals surface area contributed by atoms with E-state index in [1.165, 1.54) is 0 Å². The van der Waals surface area contributed by atoms with Gasteiger partial charge in [-0.3, -0.25) is 9.59 Å². The number of alkyl carbamates (subject to hydrolysis) is 1. The van der Waals surface area contributed by atoms with Crippen molar-refractivity contribution in [1.29, 1.82) is 0 Å². The Labute approximate surface area is 151 Å². The van der Waals surface area contributed by atoms with E-state index in [0.717, 1.165) is 12.8 Å². The monoisotopic (exact) mass is 359 g/mol. The number of nitrogens with zero attached hydrogens (tertiary/aromatic N) is 2. The molecule has 0 unspecified atom stereocenters. The van der Waals surface area contributed by atoms with Crippen LogP contribution in [0, 0.1) is 0 Å². The fourth-order valence-electron chi connectivity index (χ4n) is 3.81. The molecular weight excluding hydrogens is 338 g/mol. The summed E-state index contributed by atoms with van der Waals surface area (Å²) in [5.74, 6) is 0.463. The third-order valence-corrected chi connectivity index (χ3v) is 5.11. The molecule has 1 spiro atoms. The summed E-state index contributed by atoms with van der Waals surface area (Å²) in [6.45, 7) is 1.77. The van der Waals surface area contributed by atoms with Crippen LogP contribution in [0.15, 0.2) is 24.3 Å². The molecule has 1 aromatic carbocycles. The van der Waals surface area contributed by atoms with E-state index >= 15 is 0 Å². The smallest absolute Gasteiger partial charge is 0.407 e. The molecule has 4 rings (SSSR count). The average Bonchev–Trinajstić information content (AvgIpc) is 3.00. The number of fused-ring (bicyclic) bond motifs is 1. The lowest BCUT2D eigenvalue weighted by Gasteiger charge is -2.38. The fourth-order valence-corrected chi connectivity index (χ4v) is 3.81. The van der Waals surface area contributed by atoms with Crippen LogP contribution < -0.4 is 15.0 Å². The summed E-state index contributed by atoms with van der Waals surface area (Å²) in [5.41, 5.74) is 0.0902. The van der Waals surface area contributed by atoms with Gasteiger partial charge in [-0.1, -0.05) is 12.1 Å². The zero-order chi connectivity index (χ0) is 18.1. The third kappa shape index (κ3) is 3.07. The first-order valence-corrected chi connectivity index (χ1v) is 8.83. The van der Waals surface area contributed by atoms with Gasteiger partial charge < -0.3 is 24.6 Å². The first-order chi connectivity index (χ1) is 12.6. The van der Waals surface area contributed by atoms with Crippen molar-refractivity contribution >= 4 is 23.6 Å². The number of nitrogens with one attached hydrogen (secondary N) is 1. The van der Waals surface area contributed by atoms with Gasteiger partial charge in [0.25, 0.3) is 5.91 Å². The standard InChI is InChI=1S/C18H21N3O5/c22-15(20-8-3-7-18(12-20)11-19-17(24)26-18)6-9-21-13-4-1-2-5-14(13)25-10-16(21)23/h1-2,4-5H,3,6-12H2,(H,19,24)/t18-/m1/s1. The maximum atomic E-state index is 12.7. The molecule has 0 aliphatic carbocycles. The lowest BCUT2D eigenvalue weighted by Crippen LogP contribution is -2.52. The molecule has 3 amide bonds. The maximum Gasteiger partial charge on any atom is 0.407 e. The number of piperidine rings is 1. The molecule has 2 saturated heterocycles. The number of anilines is 1. The SMILES string of the molecule is O=C1NC[C@@]2(CCCN(C(=O)CCN3C(=O)COc4ccccc43)C2)O1. The molecule has 3 heterocycles. The highest BCUT2D eigenvalue weighted by Gasteiger charge is 2.44. The zero-order valence-electron chi connectivity index (χ0n) is 14.4. The van der Waals surface area contributed by atoms with Crippen molar-refractivity contribution in [3.63, 3.8) is 0 Å². The van der Waals surface area contributed by atoms with Crippen molar-refractivity contribution in [2.75, 3.05) is 37.7 Å². The topological polar surface area (TPSA) is 88.2 Å². The number of carbonyl (C=O) groups excluding carboxylic acids is 3. The number of carbonyl (C=O) groups is 3. The molecule has 3 aliphatic rings. The minimum atomic E-state index is -0.605. The highest BCUT2D eigenvalue weighted by Crippen LogP contribution is 2.32. The molecule has 0 bridgehead atoms. The summed E-state index contributed by atoms with van der Waals surface area (Å²) in [6, 6.07) is 7.32. The Balaban J connectivity index is 1.40. The third-order valence-electron chi connectivity index (χ3n) is 5.11. The Morgan fingerprint density at radius 1 is 1.27 bits per heavy atom. The van der Waals surface area contributed by atoms with Gasteiger partial charge in [-0.05, 0) is 25.0 Å². The lowest BCUT2D eigenvalue weighted by molar-refractivity contribution is -0.136. The van der Waals surface area contributed by atoms with Gasteiger partial charge in [0, 0.05) is 19.5 Å². The molecule has 8 heteroatoms. The van der Waals surface area contributed by atoms with Crippen LogP contribution in [0.3, 0.4) is 0 Å². The molecular formula is C18H21N3O5. The van der Waals surface area contributed by atoms with Crippen molar-refractivity contribution < 1.29 is 23.9 Å². The number of amides is 3. The van der Waals surface area contributed by atoms with Crippen LogP contribution in [0.2, 0.25) is 0 Å². The molecule has 0 radical (unpaired) electrons. The molecule has 2 fully saturated rings. The van der Waals surface area contributed by atoms with Crippen LogP contribution >= 0.6 is 0 Å². The van der Waals surface area contributed by atoms with E-state index < -0.39 is 11.7 Å². The van der Waals surface area contributed by atoms with E-state index in [-0.39, 0.29) is 24.8 Å². The quantitative estimate of drug-likeness (QED) is 0.866. The van der Waals surface area contributed by atoms with Gasteiger partial charge >= 0.3 is 6.09 Å². The van der Waals surface area contributed by atoms with E-state index in [1.807, 2.05) is 24.3 Å². The van der Waals surface area contributed by atoms with Gasteiger partial charge in [0.05, 0.1) is 18.8 Å². The molecule has 8 nitrogen and oxygen atoms in total. The van der Waals surface area contributed by atoms with Crippen molar-refractivity contribution in [3.05, 3.63) is 24.3 Å². The first-order valence-electron chi connectivity index (χ1n) is 8.83. The predicted octanol–water partition coefficient (Wildman–Crippen LogP) is 0.903. The van der Waals surface area contributed by atoms with Crippen LogP contribution in [0.4, 0.5) is 10.5 Å². The minimum Gasteiger partial charge on any atom is -0.482 e. The van der Waals surface area contributed by atoms with Crippen molar-refractivity contribution in [2.24, 2.45) is 0 Å². The fraction of sp³-hybridized carbons (Fsp3) is 0.500. The Bertz CT molecular complexity index is 752. The molecule has 0 aromatic heterocycles. The van der Waals surface area contributed by atoms with Gasteiger partial charge in [0.2, 0.25) is 5.91 Å². The normalized spacial score (nSPS) is 24.8. The molecule has 1 aromatic rings. The predicted molar refractivity (Wildman–Crippen MR) is 91.9 cm³/mol. The second kappa shape index (κ2) is 6.51. The highest BCUT2D eigenvalue weighted by atomic mass is 16.6. The Hall–Kier alpha value is -2.77. The summed E-state index contributed by atoms with van der Waals surface area (Å²) in [5, 5.41) is 2.67. The van der Waals surface area contributed by atoms with Crippen LogP contribution in [-0.4, -0.2) is 61.2 Å². The molecule has 138 valence electrons. The number of rotatable bonds is 3. The minimum absolute atomic E-state index is 0.0142. The largest absolute Gasteiger partial charge is 0.482 e. The Morgan fingerprint density at radius 3 is 2.92 bits per heavy atom. The molecule has 3 aliphatic heterocycles. The van der Waals surface area contributed by atoms with E-state index in [0.29, 0.717) is 37.6 Å². The van der Waals surface area contributed by atoms with Crippen molar-refractivity contribution in [3.8, 4) is 5.75 Å². The zero-order valence-corrected chi connectivity index (χ0v) is 14.4. The van der Waals surface area contributed by atoms with Crippen LogP contribution in [-0.2, 0) is 14.3 Å². The number of hydrogen-bond acceptors (Lipinski definition) is 5. The molecule has 1 N–H and O–H groups in total. The number of ether oxygens (including phenoxy) is 2. The molecule has 0 saturated carbocycles. The van der Waals surface area contributed by atoms with E-state index in [1.54, 1.807) is 9.80 Å². The van der Waals surface area contributed by atoms with Crippen LogP contribution in [0.25, 0.3) is 0 Å². The highest BCUT2D eigenvalue weighted by molar-refractivity contribution is 5.98. The number of likely N-dealkylation sites (tertiary alicyclic amines) is 1. The van der Waals surface area contributed by atoms with Crippen LogP contribution in [0.1, 0.15) is 19.3 Å². The summed E-state index contributed by atoms with van der Waals surface area (Å²) in [7, 11) is 0. The van der Waals surface area contributed by atoms with Gasteiger partial charge in [-0.25, -0.2) is 4.79 Å². The summed E-state index contributed by atoms with van der Waals surface area (Å²) in [6.07, 6.45) is 1.34. The molecule has 26 heavy (non-hydrogen) atoms. The van der Waals surface area contributed by atoms with Gasteiger partial charge in [-0.15, -0.1) is 0 Å². The van der Waals surface area contributed by atoms with Crippen LogP contribution in [0.5, 0.6) is 5.75 Å². The Morgan fingerprint density at radius 2 is 2.12 bits per heavy atom. The van der Waals surface area contributed by atoms with E-state index in [4.69, 9.17) is 9.47 Å². The number of benzene rings is 1. The number of para-hydroxylation sites is 2. The van der Waals surface area contributed by atoms with Crippen molar-refractivity contribution in [2.45, 2.75) is 24.9 Å². The average molecular weight is 359 g/mol. The second-order valence-electron chi connectivity index (χ2n) is 6.90. The van der Waals surface area contributed by atoms with Gasteiger partial charge in [0.1, 0.15) is 11.4 Å². The first kappa shape index (κ1) is 16.7. The summed E-state index contributed by atoms with van der Waals surface area (Å²) < 4.78 is 10.8. The maximum absolute atomic E-state index is 12.7. The van der Waals surface area contributed by atoms with E-state index in [2.05, 4.69) is 5.32 Å². The number of hydrogen-bond donors (Lipinski definition) is 1. The summed E-state index contributed by atoms with van der Waals surface area (Å²) >= 11 is 0. The van der Waals surface area contributed by atoms with Gasteiger partial charge in [0.15, 0.2) is 6.61 Å². The van der Waals surface area contributed by atoms with Gasteiger partial charge in [-0.2, -0.15) is 0 Å². The Kier molecular flexibility index (Phi) is 4.18.